The highest BCUT2D eigenvalue weighted by atomic mass is 35.5. The van der Waals surface area contributed by atoms with E-state index in [0.717, 1.165) is 25.3 Å². The Bertz CT molecular complexity index is 1210. The normalized spacial score (nSPS) is 23.8. The summed E-state index contributed by atoms with van der Waals surface area (Å²) in [6.45, 7) is 11.5. The Morgan fingerprint density at radius 2 is 1.74 bits per heavy atom. The lowest BCUT2D eigenvalue weighted by Crippen LogP contribution is -2.46. The maximum Gasteiger partial charge on any atom is 0.324 e. The molecule has 0 aliphatic carbocycles. The average Bonchev–Trinajstić information content (AvgIpc) is 3.17. The van der Waals surface area contributed by atoms with Crippen molar-refractivity contribution in [2.24, 2.45) is 5.41 Å². The largest absolute Gasteiger partial charge is 0.459 e. The zero-order valence-electron chi connectivity index (χ0n) is 22.8. The van der Waals surface area contributed by atoms with E-state index in [1.807, 2.05) is 0 Å². The fourth-order valence-corrected chi connectivity index (χ4v) is 6.24. The molecule has 38 heavy (non-hydrogen) atoms. The molecule has 4 nitrogen and oxygen atoms in total. The summed E-state index contributed by atoms with van der Waals surface area (Å²) >= 11 is 12.3. The van der Waals surface area contributed by atoms with Crippen LogP contribution in [0, 0.1) is 28.4 Å². The first-order chi connectivity index (χ1) is 17.8. The summed E-state index contributed by atoms with van der Waals surface area (Å²) < 4.78 is 37.2. The lowest BCUT2D eigenvalue weighted by atomic mass is 9.61. The molecule has 0 radical (unpaired) electrons. The third-order valence-electron chi connectivity index (χ3n) is 8.18. The van der Waals surface area contributed by atoms with Crippen molar-refractivity contribution in [1.29, 1.82) is 5.26 Å². The molecule has 0 aromatic heterocycles. The summed E-state index contributed by atoms with van der Waals surface area (Å²) in [5.74, 6) is -3.23. The lowest BCUT2D eigenvalue weighted by Gasteiger charge is -2.40. The summed E-state index contributed by atoms with van der Waals surface area (Å²) in [6.07, 6.45) is 2.91. The van der Waals surface area contributed by atoms with Gasteiger partial charge in [0.05, 0.1) is 11.1 Å². The summed E-state index contributed by atoms with van der Waals surface area (Å²) in [4.78, 5) is 13.7. The van der Waals surface area contributed by atoms with Crippen LogP contribution in [-0.4, -0.2) is 23.7 Å². The fraction of sp³-hybridized carbons (Fsp3) is 0.533. The van der Waals surface area contributed by atoms with E-state index in [0.29, 0.717) is 6.42 Å². The van der Waals surface area contributed by atoms with Crippen LogP contribution in [0.4, 0.5) is 8.78 Å². The third kappa shape index (κ3) is 5.57. The van der Waals surface area contributed by atoms with Gasteiger partial charge in [0, 0.05) is 22.5 Å². The van der Waals surface area contributed by atoms with Crippen LogP contribution in [0.1, 0.15) is 84.3 Å². The lowest BCUT2D eigenvalue weighted by molar-refractivity contribution is -0.157. The Labute approximate surface area is 234 Å². The number of nitriles is 1. The number of carbonyl (C=O) groups is 1. The Balaban J connectivity index is 2.39. The minimum Gasteiger partial charge on any atom is -0.459 e. The van der Waals surface area contributed by atoms with Crippen LogP contribution >= 0.6 is 23.2 Å². The molecule has 1 aliphatic rings. The molecule has 3 rings (SSSR count). The number of benzene rings is 2. The van der Waals surface area contributed by atoms with Gasteiger partial charge in [-0.1, -0.05) is 81.4 Å². The van der Waals surface area contributed by atoms with E-state index in [1.165, 1.54) is 24.3 Å². The highest BCUT2D eigenvalue weighted by Gasteiger charge is 2.62. The van der Waals surface area contributed by atoms with E-state index in [-0.39, 0.29) is 26.6 Å². The fourth-order valence-electron chi connectivity index (χ4n) is 5.90. The van der Waals surface area contributed by atoms with Crippen LogP contribution in [0.5, 0.6) is 0 Å². The van der Waals surface area contributed by atoms with Crippen molar-refractivity contribution >= 4 is 29.2 Å². The molecule has 1 heterocycles. The predicted octanol–water partition coefficient (Wildman–Crippen LogP) is 8.11. The Morgan fingerprint density at radius 1 is 1.11 bits per heavy atom. The molecule has 1 fully saturated rings. The van der Waals surface area contributed by atoms with Crippen LogP contribution in [0.3, 0.4) is 0 Å². The molecule has 206 valence electrons. The second-order valence-corrected chi connectivity index (χ2v) is 12.1. The van der Waals surface area contributed by atoms with Gasteiger partial charge in [-0.3, -0.25) is 10.1 Å². The van der Waals surface area contributed by atoms with Gasteiger partial charge in [0.2, 0.25) is 0 Å². The number of nitrogens with zero attached hydrogens (tertiary/aromatic N) is 1. The minimum absolute atomic E-state index is 0.0503. The standard InChI is InChI=1S/C30H36Cl2F2N2O2/c1-7-29(8-2,9-3)16-23-30(17-35,20-14-13-18(31)15-22(20)33)24(19-11-10-12-21(32)25(19)34)26(36-23)27(37)38-28(4,5)6/h10-15,23-24,26,36H,7-9,16H2,1-6H3/t23-,24-,26+,30-/m0/s1. The number of hydrogen-bond donors (Lipinski definition) is 1. The number of hydrogen-bond acceptors (Lipinski definition) is 4. The van der Waals surface area contributed by atoms with Crippen molar-refractivity contribution < 1.29 is 18.3 Å². The van der Waals surface area contributed by atoms with Crippen molar-refractivity contribution in [3.05, 3.63) is 69.2 Å². The minimum atomic E-state index is -1.67. The molecule has 0 saturated carbocycles. The van der Waals surface area contributed by atoms with Gasteiger partial charge in [-0.25, -0.2) is 8.78 Å². The highest BCUT2D eigenvalue weighted by molar-refractivity contribution is 6.31. The van der Waals surface area contributed by atoms with Gasteiger partial charge in [-0.05, 0) is 56.4 Å². The molecule has 0 spiro atoms. The van der Waals surface area contributed by atoms with Crippen LogP contribution in [0.25, 0.3) is 0 Å². The van der Waals surface area contributed by atoms with Gasteiger partial charge in [0.25, 0.3) is 0 Å². The van der Waals surface area contributed by atoms with Crippen molar-refractivity contribution in [3.8, 4) is 6.07 Å². The van der Waals surface area contributed by atoms with Crippen LogP contribution < -0.4 is 5.32 Å². The first-order valence-corrected chi connectivity index (χ1v) is 13.8. The van der Waals surface area contributed by atoms with E-state index in [4.69, 9.17) is 27.9 Å². The zero-order chi connectivity index (χ0) is 28.5. The molecule has 0 amide bonds. The number of esters is 1. The van der Waals surface area contributed by atoms with Gasteiger partial charge >= 0.3 is 5.97 Å². The van der Waals surface area contributed by atoms with E-state index in [1.54, 1.807) is 26.8 Å². The number of rotatable bonds is 8. The number of halogens is 4. The number of carbonyl (C=O) groups excluding carboxylic acids is 1. The molecule has 0 unspecified atom stereocenters. The van der Waals surface area contributed by atoms with Gasteiger partial charge in [-0.15, -0.1) is 0 Å². The third-order valence-corrected chi connectivity index (χ3v) is 8.71. The molecule has 2 aromatic rings. The Hall–Kier alpha value is -2.20. The quantitative estimate of drug-likeness (QED) is 0.329. The average molecular weight is 566 g/mol. The first kappa shape index (κ1) is 30.3. The SMILES string of the molecule is CCC(CC)(CC)C[C@@H]1N[C@@H](C(=O)OC(C)(C)C)[C@H](c2cccc(Cl)c2F)[C@@]1(C#N)c1ccc(Cl)cc1F. The van der Waals surface area contributed by atoms with Crippen molar-refractivity contribution in [3.63, 3.8) is 0 Å². The predicted molar refractivity (Wildman–Crippen MR) is 147 cm³/mol. The molecule has 8 heteroatoms. The van der Waals surface area contributed by atoms with Crippen LogP contribution in [0.2, 0.25) is 10.0 Å². The van der Waals surface area contributed by atoms with Gasteiger partial charge in [-0.2, -0.15) is 5.26 Å². The molecule has 0 bridgehead atoms. The summed E-state index contributed by atoms with van der Waals surface area (Å²) in [5, 5.41) is 14.3. The second-order valence-electron chi connectivity index (χ2n) is 11.2. The number of nitrogens with one attached hydrogen (secondary N) is 1. The van der Waals surface area contributed by atoms with Crippen molar-refractivity contribution in [2.45, 2.75) is 96.2 Å². The van der Waals surface area contributed by atoms with Crippen molar-refractivity contribution in [2.75, 3.05) is 0 Å². The second kappa shape index (κ2) is 11.5. The molecule has 4 atom stereocenters. The summed E-state index contributed by atoms with van der Waals surface area (Å²) in [7, 11) is 0. The van der Waals surface area contributed by atoms with E-state index >= 15 is 8.78 Å². The molecule has 2 aromatic carbocycles. The molecule has 1 N–H and O–H groups in total. The molecular formula is C30H36Cl2F2N2O2. The summed E-state index contributed by atoms with van der Waals surface area (Å²) in [6, 6.07) is 9.12. The summed E-state index contributed by atoms with van der Waals surface area (Å²) in [5.41, 5.74) is -2.60. The molecular weight excluding hydrogens is 529 g/mol. The zero-order valence-corrected chi connectivity index (χ0v) is 24.3. The molecule has 1 saturated heterocycles. The molecule has 1 aliphatic heterocycles. The van der Waals surface area contributed by atoms with Crippen LogP contribution in [-0.2, 0) is 14.9 Å². The van der Waals surface area contributed by atoms with Gasteiger partial charge in [0.1, 0.15) is 28.7 Å². The van der Waals surface area contributed by atoms with E-state index < -0.39 is 46.6 Å². The van der Waals surface area contributed by atoms with Gasteiger partial charge in [0.15, 0.2) is 0 Å². The van der Waals surface area contributed by atoms with E-state index in [9.17, 15) is 10.1 Å². The Morgan fingerprint density at radius 3 is 2.26 bits per heavy atom. The maximum absolute atomic E-state index is 15.8. The topological polar surface area (TPSA) is 62.1 Å². The van der Waals surface area contributed by atoms with Crippen molar-refractivity contribution in [1.82, 2.24) is 5.32 Å². The monoisotopic (exact) mass is 564 g/mol. The highest BCUT2D eigenvalue weighted by Crippen LogP contribution is 2.54. The van der Waals surface area contributed by atoms with E-state index in [2.05, 4.69) is 32.2 Å². The Kier molecular flexibility index (Phi) is 9.18. The number of ether oxygens (including phenoxy) is 1. The van der Waals surface area contributed by atoms with Gasteiger partial charge < -0.3 is 4.74 Å². The first-order valence-electron chi connectivity index (χ1n) is 13.1. The maximum atomic E-state index is 15.8. The smallest absolute Gasteiger partial charge is 0.324 e. The van der Waals surface area contributed by atoms with Crippen LogP contribution in [0.15, 0.2) is 36.4 Å².